The summed E-state index contributed by atoms with van der Waals surface area (Å²) in [6.45, 7) is 4.48. The van der Waals surface area contributed by atoms with Crippen LogP contribution in [-0.2, 0) is 26.0 Å². The SMILES string of the molecule is Cc1ccc(NC(=O)C2CCN(S(=O)(=O)c3ccc4c(c3)C[C@H](C)N4C(=O)C3CC3)CC2)cc1Cl. The van der Waals surface area contributed by atoms with Crippen LogP contribution in [0.5, 0.6) is 0 Å². The van der Waals surface area contributed by atoms with Crippen LogP contribution in [0.2, 0.25) is 5.02 Å². The van der Waals surface area contributed by atoms with Gasteiger partial charge < -0.3 is 10.2 Å². The molecule has 0 radical (unpaired) electrons. The number of hydrogen-bond acceptors (Lipinski definition) is 4. The molecule has 0 spiro atoms. The van der Waals surface area contributed by atoms with Crippen molar-refractivity contribution in [3.8, 4) is 0 Å². The lowest BCUT2D eigenvalue weighted by atomic mass is 9.97. The summed E-state index contributed by atoms with van der Waals surface area (Å²) in [7, 11) is -3.68. The highest BCUT2D eigenvalue weighted by Gasteiger charge is 2.40. The van der Waals surface area contributed by atoms with E-state index in [-0.39, 0.29) is 47.7 Å². The molecule has 186 valence electrons. The molecule has 0 aromatic heterocycles. The minimum atomic E-state index is -3.68. The van der Waals surface area contributed by atoms with Crippen molar-refractivity contribution >= 4 is 44.8 Å². The van der Waals surface area contributed by atoms with E-state index in [1.54, 1.807) is 24.3 Å². The fraction of sp³-hybridized carbons (Fsp3) is 0.462. The first kappa shape index (κ1) is 24.3. The third-order valence-electron chi connectivity index (χ3n) is 7.33. The number of carbonyl (C=O) groups excluding carboxylic acids is 2. The molecule has 7 nitrogen and oxygen atoms in total. The average Bonchev–Trinajstić information content (AvgIpc) is 3.63. The van der Waals surface area contributed by atoms with Gasteiger partial charge in [-0.05, 0) is 87.4 Å². The zero-order chi connectivity index (χ0) is 24.9. The maximum absolute atomic E-state index is 13.4. The minimum absolute atomic E-state index is 0.0359. The summed E-state index contributed by atoms with van der Waals surface area (Å²) >= 11 is 6.15. The second-order valence-electron chi connectivity index (χ2n) is 9.96. The third-order valence-corrected chi connectivity index (χ3v) is 9.63. The van der Waals surface area contributed by atoms with Crippen molar-refractivity contribution in [3.63, 3.8) is 0 Å². The van der Waals surface area contributed by atoms with Crippen LogP contribution >= 0.6 is 11.6 Å². The Morgan fingerprint density at radius 2 is 1.71 bits per heavy atom. The largest absolute Gasteiger partial charge is 0.326 e. The van der Waals surface area contributed by atoms with Gasteiger partial charge >= 0.3 is 0 Å². The summed E-state index contributed by atoms with van der Waals surface area (Å²) in [5.74, 6) is -0.105. The highest BCUT2D eigenvalue weighted by Crippen LogP contribution is 2.40. The van der Waals surface area contributed by atoms with Crippen LogP contribution in [0.1, 0.15) is 43.7 Å². The number of nitrogens with one attached hydrogen (secondary N) is 1. The minimum Gasteiger partial charge on any atom is -0.326 e. The lowest BCUT2D eigenvalue weighted by Gasteiger charge is -2.30. The molecule has 2 heterocycles. The maximum Gasteiger partial charge on any atom is 0.243 e. The van der Waals surface area contributed by atoms with Gasteiger partial charge in [-0.25, -0.2) is 8.42 Å². The molecular weight excluding hydrogens is 486 g/mol. The predicted octanol–water partition coefficient (Wildman–Crippen LogP) is 4.38. The van der Waals surface area contributed by atoms with Crippen LogP contribution in [0.25, 0.3) is 0 Å². The standard InChI is InChI=1S/C26H30ClN3O4S/c1-16-3-6-21(15-23(16)27)28-25(31)18-9-11-29(12-10-18)35(33,34)22-7-8-24-20(14-22)13-17(2)30(24)26(32)19-4-5-19/h3,6-8,14-15,17-19H,4-5,9-13H2,1-2H3,(H,28,31)/t17-/m0/s1. The molecule has 1 saturated heterocycles. The van der Waals surface area contributed by atoms with Gasteiger partial charge in [0, 0.05) is 47.4 Å². The van der Waals surface area contributed by atoms with E-state index >= 15 is 0 Å². The van der Waals surface area contributed by atoms with E-state index in [1.165, 1.54) is 4.31 Å². The maximum atomic E-state index is 13.4. The number of piperidine rings is 1. The third kappa shape index (κ3) is 4.71. The van der Waals surface area contributed by atoms with Gasteiger partial charge in [0.15, 0.2) is 0 Å². The van der Waals surface area contributed by atoms with E-state index in [0.717, 1.165) is 29.7 Å². The molecule has 9 heteroatoms. The van der Waals surface area contributed by atoms with Crippen molar-refractivity contribution in [2.24, 2.45) is 11.8 Å². The topological polar surface area (TPSA) is 86.8 Å². The number of rotatable bonds is 5. The molecule has 2 aliphatic heterocycles. The lowest BCUT2D eigenvalue weighted by Crippen LogP contribution is -2.41. The van der Waals surface area contributed by atoms with Crippen molar-refractivity contribution in [2.45, 2.75) is 56.9 Å². The molecule has 0 unspecified atom stereocenters. The highest BCUT2D eigenvalue weighted by molar-refractivity contribution is 7.89. The summed E-state index contributed by atoms with van der Waals surface area (Å²) in [6, 6.07) is 10.5. The van der Waals surface area contributed by atoms with Crippen LogP contribution in [0.3, 0.4) is 0 Å². The van der Waals surface area contributed by atoms with Crippen molar-refractivity contribution in [3.05, 3.63) is 52.5 Å². The van der Waals surface area contributed by atoms with Crippen LogP contribution < -0.4 is 10.2 Å². The number of halogens is 1. The van der Waals surface area contributed by atoms with Crippen molar-refractivity contribution in [1.82, 2.24) is 4.31 Å². The zero-order valence-electron chi connectivity index (χ0n) is 20.0. The molecule has 3 aliphatic rings. The lowest BCUT2D eigenvalue weighted by molar-refractivity contribution is -0.121. The number of aryl methyl sites for hydroxylation is 1. The van der Waals surface area contributed by atoms with E-state index in [9.17, 15) is 18.0 Å². The second kappa shape index (κ2) is 9.22. The number of sulfonamides is 1. The molecule has 1 aliphatic carbocycles. The molecule has 1 N–H and O–H groups in total. The summed E-state index contributed by atoms with van der Waals surface area (Å²) in [5, 5.41) is 3.49. The van der Waals surface area contributed by atoms with E-state index in [4.69, 9.17) is 11.6 Å². The summed E-state index contributed by atoms with van der Waals surface area (Å²) in [5.41, 5.74) is 3.31. The van der Waals surface area contributed by atoms with Crippen LogP contribution in [0.15, 0.2) is 41.3 Å². The molecule has 2 aromatic rings. The van der Waals surface area contributed by atoms with Gasteiger partial charge in [0.1, 0.15) is 0 Å². The Labute approximate surface area is 211 Å². The molecule has 2 amide bonds. The molecule has 0 bridgehead atoms. The van der Waals surface area contributed by atoms with Gasteiger partial charge in [0.2, 0.25) is 21.8 Å². The monoisotopic (exact) mass is 515 g/mol. The second-order valence-corrected chi connectivity index (χ2v) is 12.3. The number of hydrogen-bond donors (Lipinski definition) is 1. The number of amides is 2. The van der Waals surface area contributed by atoms with Crippen molar-refractivity contribution in [1.29, 1.82) is 0 Å². The smallest absolute Gasteiger partial charge is 0.243 e. The predicted molar refractivity (Wildman–Crippen MR) is 136 cm³/mol. The molecule has 2 fully saturated rings. The van der Waals surface area contributed by atoms with Crippen molar-refractivity contribution in [2.75, 3.05) is 23.3 Å². The van der Waals surface area contributed by atoms with Gasteiger partial charge in [0.05, 0.1) is 4.90 Å². The summed E-state index contributed by atoms with van der Waals surface area (Å²) in [6.07, 6.45) is 3.45. The highest BCUT2D eigenvalue weighted by atomic mass is 35.5. The molecule has 1 atom stereocenters. The van der Waals surface area contributed by atoms with Crippen LogP contribution in [-0.4, -0.2) is 43.7 Å². The molecular formula is C26H30ClN3O4S. The van der Waals surface area contributed by atoms with E-state index < -0.39 is 10.0 Å². The Kier molecular flexibility index (Phi) is 6.40. The Morgan fingerprint density at radius 3 is 2.37 bits per heavy atom. The van der Waals surface area contributed by atoms with Gasteiger partial charge in [-0.3, -0.25) is 9.59 Å². The summed E-state index contributed by atoms with van der Waals surface area (Å²) < 4.78 is 28.2. The fourth-order valence-electron chi connectivity index (χ4n) is 5.05. The number of anilines is 2. The molecule has 1 saturated carbocycles. The quantitative estimate of drug-likeness (QED) is 0.640. The fourth-order valence-corrected chi connectivity index (χ4v) is 6.75. The number of carbonyl (C=O) groups is 2. The van der Waals surface area contributed by atoms with Crippen molar-refractivity contribution < 1.29 is 18.0 Å². The van der Waals surface area contributed by atoms with E-state index in [0.29, 0.717) is 30.0 Å². The molecule has 5 rings (SSSR count). The van der Waals surface area contributed by atoms with Gasteiger partial charge in [0.25, 0.3) is 0 Å². The normalized spacial score (nSPS) is 21.1. The van der Waals surface area contributed by atoms with Gasteiger partial charge in [-0.15, -0.1) is 0 Å². The Morgan fingerprint density at radius 1 is 1.00 bits per heavy atom. The van der Waals surface area contributed by atoms with E-state index in [1.807, 2.05) is 30.9 Å². The number of fused-ring (bicyclic) bond motifs is 1. The van der Waals surface area contributed by atoms with E-state index in [2.05, 4.69) is 5.32 Å². The molecule has 2 aromatic carbocycles. The van der Waals surface area contributed by atoms with Crippen LogP contribution in [0, 0.1) is 18.8 Å². The zero-order valence-corrected chi connectivity index (χ0v) is 21.5. The molecule has 35 heavy (non-hydrogen) atoms. The first-order valence-corrected chi connectivity index (χ1v) is 14.0. The van der Waals surface area contributed by atoms with Crippen LogP contribution in [0.4, 0.5) is 11.4 Å². The number of benzene rings is 2. The first-order valence-electron chi connectivity index (χ1n) is 12.2. The average molecular weight is 516 g/mol. The Hall–Kier alpha value is -2.42. The number of nitrogens with zero attached hydrogens (tertiary/aromatic N) is 2. The first-order chi connectivity index (χ1) is 16.6. The van der Waals surface area contributed by atoms with Gasteiger partial charge in [-0.1, -0.05) is 17.7 Å². The Bertz CT molecular complexity index is 1280. The summed E-state index contributed by atoms with van der Waals surface area (Å²) in [4.78, 5) is 27.5. The van der Waals surface area contributed by atoms with Gasteiger partial charge in [-0.2, -0.15) is 4.31 Å². The Balaban J connectivity index is 1.24.